The summed E-state index contributed by atoms with van der Waals surface area (Å²) in [5, 5.41) is 15.4. The first-order valence-corrected chi connectivity index (χ1v) is 8.15. The molecule has 0 amide bonds. The van der Waals surface area contributed by atoms with Crippen molar-refractivity contribution >= 4 is 11.3 Å². The van der Waals surface area contributed by atoms with Gasteiger partial charge in [0.05, 0.1) is 0 Å². The van der Waals surface area contributed by atoms with Crippen molar-refractivity contribution in [3.8, 4) is 5.75 Å². The van der Waals surface area contributed by atoms with Gasteiger partial charge in [-0.15, -0.1) is 11.3 Å². The Kier molecular flexibility index (Phi) is 6.23. The molecule has 0 aliphatic rings. The number of aliphatic hydroxyl groups is 1. The van der Waals surface area contributed by atoms with Crippen LogP contribution < -0.4 is 10.1 Å². The second kappa shape index (κ2) is 8.17. The molecule has 2 N–H and O–H groups in total. The van der Waals surface area contributed by atoms with Gasteiger partial charge >= 0.3 is 0 Å². The van der Waals surface area contributed by atoms with Crippen LogP contribution in [0.2, 0.25) is 0 Å². The molecule has 114 valence electrons. The van der Waals surface area contributed by atoms with Crippen molar-refractivity contribution < 1.29 is 9.84 Å². The van der Waals surface area contributed by atoms with Crippen LogP contribution in [0.15, 0.2) is 41.8 Å². The zero-order valence-corrected chi connectivity index (χ0v) is 13.4. The first-order chi connectivity index (χ1) is 10.1. The summed E-state index contributed by atoms with van der Waals surface area (Å²) in [4.78, 5) is 1.36. The molecule has 0 saturated heterocycles. The van der Waals surface area contributed by atoms with Gasteiger partial charge in [-0.25, -0.2) is 0 Å². The zero-order valence-electron chi connectivity index (χ0n) is 12.6. The average Bonchev–Trinajstić information content (AvgIpc) is 2.96. The molecule has 1 aromatic carbocycles. The molecule has 2 unspecified atom stereocenters. The molecular formula is C17H23NO2S. The van der Waals surface area contributed by atoms with Crippen molar-refractivity contribution in [2.45, 2.75) is 32.4 Å². The summed E-state index contributed by atoms with van der Waals surface area (Å²) in [6, 6.07) is 12.4. The van der Waals surface area contributed by atoms with Crippen LogP contribution in [0.25, 0.3) is 0 Å². The summed E-state index contributed by atoms with van der Waals surface area (Å²) in [6.07, 6.45) is 0.486. The van der Waals surface area contributed by atoms with E-state index in [9.17, 15) is 5.11 Å². The third-order valence-corrected chi connectivity index (χ3v) is 4.12. The number of aryl methyl sites for hydroxylation is 1. The van der Waals surface area contributed by atoms with Crippen LogP contribution in [0.4, 0.5) is 0 Å². The monoisotopic (exact) mass is 305 g/mol. The van der Waals surface area contributed by atoms with Crippen molar-refractivity contribution in [2.24, 2.45) is 0 Å². The maximum absolute atomic E-state index is 9.97. The molecule has 0 bridgehead atoms. The number of aliphatic hydroxyl groups excluding tert-OH is 1. The normalized spacial score (nSPS) is 13.9. The minimum Gasteiger partial charge on any atom is -0.491 e. The van der Waals surface area contributed by atoms with Gasteiger partial charge in [0, 0.05) is 17.5 Å². The number of hydrogen-bond acceptors (Lipinski definition) is 4. The van der Waals surface area contributed by atoms with Gasteiger partial charge in [0.1, 0.15) is 18.5 Å². The smallest absolute Gasteiger partial charge is 0.119 e. The first kappa shape index (κ1) is 16.0. The molecule has 0 fully saturated rings. The van der Waals surface area contributed by atoms with Gasteiger partial charge < -0.3 is 15.2 Å². The van der Waals surface area contributed by atoms with Crippen molar-refractivity contribution in [3.05, 3.63) is 52.2 Å². The molecule has 0 saturated carbocycles. The molecule has 0 spiro atoms. The number of hydrogen-bond donors (Lipinski definition) is 2. The van der Waals surface area contributed by atoms with Crippen LogP contribution in [0.5, 0.6) is 5.75 Å². The topological polar surface area (TPSA) is 41.5 Å². The Bertz CT molecular complexity index is 527. The van der Waals surface area contributed by atoms with Gasteiger partial charge in [0.15, 0.2) is 0 Å². The van der Waals surface area contributed by atoms with Gasteiger partial charge in [0.2, 0.25) is 0 Å². The molecule has 1 heterocycles. The lowest BCUT2D eigenvalue weighted by atomic mass is 10.2. The van der Waals surface area contributed by atoms with Gasteiger partial charge in [-0.2, -0.15) is 0 Å². The average molecular weight is 305 g/mol. The van der Waals surface area contributed by atoms with E-state index in [4.69, 9.17) is 4.74 Å². The van der Waals surface area contributed by atoms with Crippen molar-refractivity contribution in [3.63, 3.8) is 0 Å². The van der Waals surface area contributed by atoms with Gasteiger partial charge in [-0.3, -0.25) is 0 Å². The molecule has 2 aromatic rings. The fourth-order valence-electron chi connectivity index (χ4n) is 2.10. The first-order valence-electron chi connectivity index (χ1n) is 7.27. The Labute approximate surface area is 130 Å². The summed E-state index contributed by atoms with van der Waals surface area (Å²) >= 11 is 1.77. The van der Waals surface area contributed by atoms with Crippen LogP contribution in [0.3, 0.4) is 0 Å². The third-order valence-electron chi connectivity index (χ3n) is 3.22. The van der Waals surface area contributed by atoms with E-state index in [2.05, 4.69) is 29.8 Å². The molecule has 0 aliphatic heterocycles. The van der Waals surface area contributed by atoms with Gasteiger partial charge in [0.25, 0.3) is 0 Å². The minimum atomic E-state index is -0.503. The zero-order chi connectivity index (χ0) is 15.1. The van der Waals surface area contributed by atoms with Crippen LogP contribution in [0, 0.1) is 6.92 Å². The predicted octanol–water partition coefficient (Wildman–Crippen LogP) is 3.02. The Morgan fingerprint density at radius 3 is 2.86 bits per heavy atom. The Hall–Kier alpha value is -1.36. The summed E-state index contributed by atoms with van der Waals surface area (Å²) in [5.41, 5.74) is 1.16. The maximum atomic E-state index is 9.97. The molecule has 21 heavy (non-hydrogen) atoms. The highest BCUT2D eigenvalue weighted by Crippen LogP contribution is 2.13. The molecule has 2 rings (SSSR count). The summed E-state index contributed by atoms with van der Waals surface area (Å²) in [7, 11) is 0. The SMILES string of the molecule is Cc1cccc(OCC(O)CNC(C)Cc2cccs2)c1. The lowest BCUT2D eigenvalue weighted by molar-refractivity contribution is 0.104. The fraction of sp³-hybridized carbons (Fsp3) is 0.412. The largest absolute Gasteiger partial charge is 0.491 e. The van der Waals surface area contributed by atoms with E-state index >= 15 is 0 Å². The van der Waals surface area contributed by atoms with Crippen LogP contribution >= 0.6 is 11.3 Å². The minimum absolute atomic E-state index is 0.308. The number of ether oxygens (including phenoxy) is 1. The summed E-state index contributed by atoms with van der Waals surface area (Å²) in [5.74, 6) is 0.806. The van der Waals surface area contributed by atoms with Crippen LogP contribution in [-0.2, 0) is 6.42 Å². The Morgan fingerprint density at radius 1 is 1.29 bits per heavy atom. The van der Waals surface area contributed by atoms with Crippen molar-refractivity contribution in [1.29, 1.82) is 0 Å². The van der Waals surface area contributed by atoms with Gasteiger partial charge in [-0.05, 0) is 49.4 Å². The molecule has 1 aromatic heterocycles. The Morgan fingerprint density at radius 2 is 2.14 bits per heavy atom. The highest BCUT2D eigenvalue weighted by molar-refractivity contribution is 7.09. The lowest BCUT2D eigenvalue weighted by Gasteiger charge is -2.17. The van der Waals surface area contributed by atoms with E-state index in [1.807, 2.05) is 31.2 Å². The van der Waals surface area contributed by atoms with Gasteiger partial charge in [-0.1, -0.05) is 18.2 Å². The second-order valence-electron chi connectivity index (χ2n) is 5.37. The highest BCUT2D eigenvalue weighted by Gasteiger charge is 2.09. The van der Waals surface area contributed by atoms with E-state index in [1.54, 1.807) is 11.3 Å². The van der Waals surface area contributed by atoms with Crippen molar-refractivity contribution in [2.75, 3.05) is 13.2 Å². The van der Waals surface area contributed by atoms with E-state index in [0.717, 1.165) is 17.7 Å². The fourth-order valence-corrected chi connectivity index (χ4v) is 2.93. The molecule has 2 atom stereocenters. The summed E-state index contributed by atoms with van der Waals surface area (Å²) in [6.45, 7) is 5.01. The van der Waals surface area contributed by atoms with Crippen molar-refractivity contribution in [1.82, 2.24) is 5.32 Å². The van der Waals surface area contributed by atoms with E-state index < -0.39 is 6.10 Å². The number of nitrogens with one attached hydrogen (secondary N) is 1. The summed E-state index contributed by atoms with van der Waals surface area (Å²) < 4.78 is 5.60. The predicted molar refractivity (Wildman–Crippen MR) is 88.2 cm³/mol. The molecular weight excluding hydrogens is 282 g/mol. The number of benzene rings is 1. The number of thiophene rings is 1. The van der Waals surface area contributed by atoms with E-state index in [0.29, 0.717) is 19.2 Å². The highest BCUT2D eigenvalue weighted by atomic mass is 32.1. The molecule has 0 radical (unpaired) electrons. The quantitative estimate of drug-likeness (QED) is 0.788. The van der Waals surface area contributed by atoms with E-state index in [-0.39, 0.29) is 0 Å². The second-order valence-corrected chi connectivity index (χ2v) is 6.41. The molecule has 0 aliphatic carbocycles. The molecule has 3 nitrogen and oxygen atoms in total. The Balaban J connectivity index is 1.66. The standard InChI is InChI=1S/C17H23NO2S/c1-13-5-3-6-16(9-13)20-12-15(19)11-18-14(2)10-17-7-4-8-21-17/h3-9,14-15,18-19H,10-12H2,1-2H3. The van der Waals surface area contributed by atoms with Crippen LogP contribution in [-0.4, -0.2) is 30.4 Å². The van der Waals surface area contributed by atoms with Crippen LogP contribution in [0.1, 0.15) is 17.4 Å². The third kappa shape index (κ3) is 5.87. The number of rotatable bonds is 8. The lowest BCUT2D eigenvalue weighted by Crippen LogP contribution is -2.37. The maximum Gasteiger partial charge on any atom is 0.119 e. The molecule has 4 heteroatoms. The van der Waals surface area contributed by atoms with E-state index in [1.165, 1.54) is 4.88 Å².